The fraction of sp³-hybridized carbons (Fsp3) is 0.947. The van der Waals surface area contributed by atoms with Gasteiger partial charge in [0, 0.05) is 38.8 Å². The lowest BCUT2D eigenvalue weighted by Crippen LogP contribution is -2.48. The lowest BCUT2D eigenvalue weighted by atomic mass is 9.99. The molecule has 0 aromatic heterocycles. The maximum absolute atomic E-state index is 11.9. The van der Waals surface area contributed by atoms with Gasteiger partial charge in [-0.05, 0) is 45.8 Å². The molecule has 3 heterocycles. The lowest BCUT2D eigenvalue weighted by molar-refractivity contribution is -0.152. The third-order valence-electron chi connectivity index (χ3n) is 5.89. The highest BCUT2D eigenvalue weighted by atomic mass is 16.6. The average molecular weight is 370 g/mol. The Hall–Kier alpha value is -0.730. The molecule has 0 N–H and O–H groups in total. The minimum atomic E-state index is -0.240. The Kier molecular flexibility index (Phi) is 8.13. The minimum Gasteiger partial charge on any atom is -0.463 e. The van der Waals surface area contributed by atoms with Gasteiger partial charge >= 0.3 is 5.97 Å². The average Bonchev–Trinajstić information content (AvgIpc) is 2.68. The van der Waals surface area contributed by atoms with E-state index in [-0.39, 0.29) is 18.7 Å². The van der Waals surface area contributed by atoms with Crippen LogP contribution in [0.3, 0.4) is 0 Å². The monoisotopic (exact) mass is 369 g/mol. The van der Waals surface area contributed by atoms with E-state index in [1.807, 2.05) is 0 Å². The highest BCUT2D eigenvalue weighted by molar-refractivity contribution is 5.70. The van der Waals surface area contributed by atoms with Crippen LogP contribution in [0, 0.1) is 0 Å². The fourth-order valence-corrected chi connectivity index (χ4v) is 4.11. The van der Waals surface area contributed by atoms with E-state index in [9.17, 15) is 4.79 Å². The molecule has 7 nitrogen and oxygen atoms in total. The predicted molar refractivity (Wildman–Crippen MR) is 99.3 cm³/mol. The van der Waals surface area contributed by atoms with Gasteiger partial charge in [0.15, 0.2) is 0 Å². The van der Waals surface area contributed by atoms with Crippen LogP contribution in [0.1, 0.15) is 25.7 Å². The van der Waals surface area contributed by atoms with E-state index in [1.54, 1.807) is 0 Å². The van der Waals surface area contributed by atoms with Crippen molar-refractivity contribution in [3.05, 3.63) is 0 Å². The van der Waals surface area contributed by atoms with Crippen LogP contribution in [0.4, 0.5) is 0 Å². The van der Waals surface area contributed by atoms with Crippen molar-refractivity contribution in [2.45, 2.75) is 37.8 Å². The number of hydrogen-bond donors (Lipinski definition) is 0. The van der Waals surface area contributed by atoms with Crippen LogP contribution in [0.25, 0.3) is 0 Å². The fourth-order valence-electron chi connectivity index (χ4n) is 4.11. The van der Waals surface area contributed by atoms with E-state index in [0.29, 0.717) is 6.61 Å². The highest BCUT2D eigenvalue weighted by Gasteiger charge is 2.28. The maximum Gasteiger partial charge on any atom is 0.332 e. The Morgan fingerprint density at radius 3 is 2.38 bits per heavy atom. The number of hydrogen-bond acceptors (Lipinski definition) is 7. The molecule has 3 rings (SSSR count). The SMILES string of the molecule is CN1CCC(N2CCC(OCC(=O)OCCN3CCOCC3)CC2)CC1. The van der Waals surface area contributed by atoms with Gasteiger partial charge in [0.25, 0.3) is 0 Å². The first kappa shape index (κ1) is 20.0. The van der Waals surface area contributed by atoms with Crippen LogP contribution in [0.5, 0.6) is 0 Å². The molecule has 0 radical (unpaired) electrons. The molecular weight excluding hydrogens is 334 g/mol. The van der Waals surface area contributed by atoms with E-state index < -0.39 is 0 Å². The second kappa shape index (κ2) is 10.6. The predicted octanol–water partition coefficient (Wildman–Crippen LogP) is 0.437. The highest BCUT2D eigenvalue weighted by Crippen LogP contribution is 2.21. The number of ether oxygens (including phenoxy) is 3. The van der Waals surface area contributed by atoms with E-state index in [1.165, 1.54) is 25.9 Å². The number of rotatable bonds is 7. The number of esters is 1. The molecule has 0 bridgehead atoms. The van der Waals surface area contributed by atoms with Crippen LogP contribution in [-0.4, -0.2) is 112 Å². The van der Waals surface area contributed by atoms with Crippen LogP contribution in [-0.2, 0) is 19.0 Å². The Morgan fingerprint density at radius 1 is 1.00 bits per heavy atom. The van der Waals surface area contributed by atoms with Crippen molar-refractivity contribution in [3.8, 4) is 0 Å². The number of carbonyl (C=O) groups is 1. The Balaban J connectivity index is 1.23. The molecular formula is C19H35N3O4. The van der Waals surface area contributed by atoms with Crippen molar-refractivity contribution in [2.75, 3.05) is 79.3 Å². The molecule has 0 unspecified atom stereocenters. The summed E-state index contributed by atoms with van der Waals surface area (Å²) in [7, 11) is 2.20. The first-order valence-electron chi connectivity index (χ1n) is 10.2. The molecule has 0 aromatic rings. The molecule has 7 heteroatoms. The third-order valence-corrected chi connectivity index (χ3v) is 5.89. The van der Waals surface area contributed by atoms with Gasteiger partial charge in [-0.1, -0.05) is 0 Å². The molecule has 150 valence electrons. The van der Waals surface area contributed by atoms with Gasteiger partial charge in [0.05, 0.1) is 19.3 Å². The summed E-state index contributed by atoms with van der Waals surface area (Å²) in [5.41, 5.74) is 0. The molecule has 3 saturated heterocycles. The van der Waals surface area contributed by atoms with Crippen molar-refractivity contribution in [2.24, 2.45) is 0 Å². The number of likely N-dealkylation sites (tertiary alicyclic amines) is 2. The first-order chi connectivity index (χ1) is 12.7. The molecule has 0 aromatic carbocycles. The molecule has 0 spiro atoms. The summed E-state index contributed by atoms with van der Waals surface area (Å²) in [6.07, 6.45) is 4.79. The molecule has 0 aliphatic carbocycles. The van der Waals surface area contributed by atoms with Crippen molar-refractivity contribution in [1.82, 2.24) is 14.7 Å². The van der Waals surface area contributed by atoms with Gasteiger partial charge < -0.3 is 24.0 Å². The largest absolute Gasteiger partial charge is 0.463 e. The van der Waals surface area contributed by atoms with Crippen LogP contribution >= 0.6 is 0 Å². The smallest absolute Gasteiger partial charge is 0.332 e. The number of morpholine rings is 1. The zero-order valence-corrected chi connectivity index (χ0v) is 16.2. The molecule has 3 aliphatic heterocycles. The third kappa shape index (κ3) is 6.46. The van der Waals surface area contributed by atoms with Crippen molar-refractivity contribution in [3.63, 3.8) is 0 Å². The van der Waals surface area contributed by atoms with E-state index >= 15 is 0 Å². The van der Waals surface area contributed by atoms with Crippen molar-refractivity contribution >= 4 is 5.97 Å². The van der Waals surface area contributed by atoms with Crippen LogP contribution < -0.4 is 0 Å². The molecule has 3 aliphatic rings. The summed E-state index contributed by atoms with van der Waals surface area (Å²) in [4.78, 5) is 19.2. The molecule has 0 amide bonds. The first-order valence-corrected chi connectivity index (χ1v) is 10.2. The quantitative estimate of drug-likeness (QED) is 0.604. The summed E-state index contributed by atoms with van der Waals surface area (Å²) in [5.74, 6) is -0.240. The summed E-state index contributed by atoms with van der Waals surface area (Å²) in [6, 6.07) is 0.734. The van der Waals surface area contributed by atoms with E-state index in [4.69, 9.17) is 14.2 Å². The number of nitrogens with zero attached hydrogens (tertiary/aromatic N) is 3. The Bertz CT molecular complexity index is 415. The zero-order chi connectivity index (χ0) is 18.2. The van der Waals surface area contributed by atoms with Crippen molar-refractivity contribution < 1.29 is 19.0 Å². The Labute approximate surface area is 157 Å². The summed E-state index contributed by atoms with van der Waals surface area (Å²) in [6.45, 7) is 9.28. The van der Waals surface area contributed by atoms with E-state index in [0.717, 1.165) is 64.8 Å². The number of piperidine rings is 2. The topological polar surface area (TPSA) is 54.5 Å². The zero-order valence-electron chi connectivity index (χ0n) is 16.2. The van der Waals surface area contributed by atoms with Gasteiger partial charge in [-0.15, -0.1) is 0 Å². The normalized spacial score (nSPS) is 25.4. The maximum atomic E-state index is 11.9. The Morgan fingerprint density at radius 2 is 1.69 bits per heavy atom. The summed E-state index contributed by atoms with van der Waals surface area (Å²) in [5, 5.41) is 0. The van der Waals surface area contributed by atoms with Crippen LogP contribution in [0.15, 0.2) is 0 Å². The lowest BCUT2D eigenvalue weighted by Gasteiger charge is -2.40. The molecule has 26 heavy (non-hydrogen) atoms. The van der Waals surface area contributed by atoms with Gasteiger partial charge in [-0.25, -0.2) is 4.79 Å². The van der Waals surface area contributed by atoms with Gasteiger partial charge in [0.1, 0.15) is 13.2 Å². The molecule has 0 atom stereocenters. The minimum absolute atomic E-state index is 0.0853. The van der Waals surface area contributed by atoms with E-state index in [2.05, 4.69) is 21.7 Å². The van der Waals surface area contributed by atoms with Gasteiger partial charge in [-0.2, -0.15) is 0 Å². The summed E-state index contributed by atoms with van der Waals surface area (Å²) >= 11 is 0. The van der Waals surface area contributed by atoms with Crippen LogP contribution in [0.2, 0.25) is 0 Å². The summed E-state index contributed by atoms with van der Waals surface area (Å²) < 4.78 is 16.4. The molecule has 0 saturated carbocycles. The van der Waals surface area contributed by atoms with Gasteiger partial charge in [-0.3, -0.25) is 4.90 Å². The van der Waals surface area contributed by atoms with Crippen molar-refractivity contribution in [1.29, 1.82) is 0 Å². The second-order valence-corrected chi connectivity index (χ2v) is 7.76. The van der Waals surface area contributed by atoms with Gasteiger partial charge in [0.2, 0.25) is 0 Å². The number of carbonyl (C=O) groups excluding carboxylic acids is 1. The standard InChI is InChI=1S/C19H35N3O4/c1-20-6-2-17(3-7-20)22-8-4-18(5-9-22)26-16-19(23)25-15-12-21-10-13-24-14-11-21/h17-18H,2-16H2,1H3. The molecule has 3 fully saturated rings. The second-order valence-electron chi connectivity index (χ2n) is 7.76.